The summed E-state index contributed by atoms with van der Waals surface area (Å²) < 4.78 is 17.7. The first-order valence-corrected chi connectivity index (χ1v) is 11.8. The highest BCUT2D eigenvalue weighted by Crippen LogP contribution is 2.37. The van der Waals surface area contributed by atoms with Crippen LogP contribution < -0.4 is 14.2 Å². The number of aryl methyl sites for hydroxylation is 1. The molecule has 166 valence electrons. The Hall–Kier alpha value is -2.64. The Bertz CT molecular complexity index is 1080. The van der Waals surface area contributed by atoms with Gasteiger partial charge in [-0.1, -0.05) is 23.6 Å². The molecule has 32 heavy (non-hydrogen) atoms. The highest BCUT2D eigenvalue weighted by Gasteiger charge is 2.34. The van der Waals surface area contributed by atoms with Crippen LogP contribution in [0.15, 0.2) is 41.3 Å². The fourth-order valence-electron chi connectivity index (χ4n) is 2.92. The third-order valence-electron chi connectivity index (χ3n) is 4.41. The fourth-order valence-corrected chi connectivity index (χ4v) is 4.57. The molecular formula is C24H22INO5S. The normalized spacial score (nSPS) is 14.6. The summed E-state index contributed by atoms with van der Waals surface area (Å²) in [6.45, 7) is 4.84. The van der Waals surface area contributed by atoms with Crippen LogP contribution >= 0.6 is 34.4 Å². The van der Waals surface area contributed by atoms with E-state index in [1.54, 1.807) is 12.1 Å². The number of amides is 2. The molecule has 1 aliphatic heterocycles. The number of hydrogen-bond acceptors (Lipinski definition) is 6. The van der Waals surface area contributed by atoms with Crippen molar-refractivity contribution in [3.05, 3.63) is 56.0 Å². The number of halogens is 1. The van der Waals surface area contributed by atoms with Crippen molar-refractivity contribution in [2.24, 2.45) is 0 Å². The van der Waals surface area contributed by atoms with E-state index in [9.17, 15) is 9.59 Å². The van der Waals surface area contributed by atoms with E-state index in [1.165, 1.54) is 4.90 Å². The second-order valence-corrected chi connectivity index (χ2v) is 8.91. The standard InChI is InChI=1S/C24H22INO5S/c1-4-11-31-22-19(25)13-17(14-20(22)29-5-2)15-21-23(27)26(24(28)32-21)10-12-30-18-8-6-16(3)7-9-18/h1,6-9,13-15H,5,10-12H2,2-3H3/b21-15-. The third-order valence-corrected chi connectivity index (χ3v) is 6.12. The van der Waals surface area contributed by atoms with E-state index in [1.807, 2.05) is 44.2 Å². The van der Waals surface area contributed by atoms with Gasteiger partial charge in [0.2, 0.25) is 0 Å². The summed E-state index contributed by atoms with van der Waals surface area (Å²) in [6, 6.07) is 11.2. The van der Waals surface area contributed by atoms with Crippen LogP contribution in [-0.4, -0.2) is 42.4 Å². The topological polar surface area (TPSA) is 65.1 Å². The Balaban J connectivity index is 1.71. The maximum atomic E-state index is 12.8. The van der Waals surface area contributed by atoms with Crippen LogP contribution in [-0.2, 0) is 4.79 Å². The van der Waals surface area contributed by atoms with Gasteiger partial charge in [0.1, 0.15) is 19.0 Å². The van der Waals surface area contributed by atoms with E-state index in [4.69, 9.17) is 20.6 Å². The van der Waals surface area contributed by atoms with Crippen molar-refractivity contribution in [2.45, 2.75) is 13.8 Å². The first-order valence-electron chi connectivity index (χ1n) is 9.90. The lowest BCUT2D eigenvalue weighted by Crippen LogP contribution is -2.32. The van der Waals surface area contributed by atoms with Gasteiger partial charge < -0.3 is 14.2 Å². The van der Waals surface area contributed by atoms with Gasteiger partial charge in [0, 0.05) is 0 Å². The van der Waals surface area contributed by atoms with Crippen molar-refractivity contribution >= 4 is 51.6 Å². The number of hydrogen-bond donors (Lipinski definition) is 0. The highest BCUT2D eigenvalue weighted by atomic mass is 127. The van der Waals surface area contributed by atoms with Crippen molar-refractivity contribution in [1.82, 2.24) is 4.90 Å². The van der Waals surface area contributed by atoms with Crippen LogP contribution in [0.5, 0.6) is 17.2 Å². The molecule has 0 N–H and O–H groups in total. The van der Waals surface area contributed by atoms with Crippen molar-refractivity contribution < 1.29 is 23.8 Å². The molecule has 8 heteroatoms. The van der Waals surface area contributed by atoms with Crippen molar-refractivity contribution in [3.8, 4) is 29.6 Å². The predicted molar refractivity (Wildman–Crippen MR) is 134 cm³/mol. The van der Waals surface area contributed by atoms with Gasteiger partial charge in [-0.15, -0.1) is 6.42 Å². The molecule has 0 bridgehead atoms. The zero-order valence-electron chi connectivity index (χ0n) is 17.7. The molecule has 0 unspecified atom stereocenters. The first-order chi connectivity index (χ1) is 15.4. The lowest BCUT2D eigenvalue weighted by molar-refractivity contribution is -0.123. The van der Waals surface area contributed by atoms with Gasteiger partial charge in [0.25, 0.3) is 11.1 Å². The summed E-state index contributed by atoms with van der Waals surface area (Å²) >= 11 is 3.04. The lowest BCUT2D eigenvalue weighted by Gasteiger charge is -2.14. The molecule has 2 aromatic rings. The van der Waals surface area contributed by atoms with E-state index >= 15 is 0 Å². The Kier molecular flexibility index (Phi) is 8.47. The Morgan fingerprint density at radius 1 is 1.16 bits per heavy atom. The number of benzene rings is 2. The smallest absolute Gasteiger partial charge is 0.293 e. The molecule has 2 amide bonds. The van der Waals surface area contributed by atoms with Gasteiger partial charge in [-0.25, -0.2) is 0 Å². The number of thioether (sulfide) groups is 1. The molecule has 0 spiro atoms. The molecular weight excluding hydrogens is 541 g/mol. The number of terminal acetylenes is 1. The van der Waals surface area contributed by atoms with E-state index in [2.05, 4.69) is 28.5 Å². The fraction of sp³-hybridized carbons (Fsp3) is 0.250. The van der Waals surface area contributed by atoms with E-state index in [0.717, 1.165) is 26.5 Å². The minimum Gasteiger partial charge on any atom is -0.492 e. The SMILES string of the molecule is C#CCOc1c(I)cc(/C=C2\SC(=O)N(CCOc3ccc(C)cc3)C2=O)cc1OCC. The summed E-state index contributed by atoms with van der Waals surface area (Å²) in [5.41, 5.74) is 1.86. The van der Waals surface area contributed by atoms with Crippen LogP contribution in [0, 0.1) is 22.8 Å². The number of rotatable bonds is 9. The summed E-state index contributed by atoms with van der Waals surface area (Å²) in [5.74, 6) is 3.89. The van der Waals surface area contributed by atoms with Crippen molar-refractivity contribution in [3.63, 3.8) is 0 Å². The zero-order valence-corrected chi connectivity index (χ0v) is 20.7. The summed E-state index contributed by atoms with van der Waals surface area (Å²) in [5, 5.41) is -0.317. The second-order valence-electron chi connectivity index (χ2n) is 6.75. The number of carbonyl (C=O) groups excluding carboxylic acids is 2. The monoisotopic (exact) mass is 563 g/mol. The molecule has 0 saturated carbocycles. The Labute approximate surface area is 205 Å². The highest BCUT2D eigenvalue weighted by molar-refractivity contribution is 14.1. The molecule has 6 nitrogen and oxygen atoms in total. The summed E-state index contributed by atoms with van der Waals surface area (Å²) in [4.78, 5) is 26.7. The number of carbonyl (C=O) groups is 2. The van der Waals surface area contributed by atoms with Gasteiger partial charge >= 0.3 is 0 Å². The molecule has 2 aromatic carbocycles. The van der Waals surface area contributed by atoms with Crippen LogP contribution in [0.1, 0.15) is 18.1 Å². The average Bonchev–Trinajstić information content (AvgIpc) is 3.02. The van der Waals surface area contributed by atoms with Crippen molar-refractivity contribution in [2.75, 3.05) is 26.4 Å². The lowest BCUT2D eigenvalue weighted by atomic mass is 10.2. The first kappa shape index (κ1) is 24.0. The Morgan fingerprint density at radius 3 is 2.59 bits per heavy atom. The minimum absolute atomic E-state index is 0.124. The number of imide groups is 1. The van der Waals surface area contributed by atoms with Gasteiger partial charge in [-0.2, -0.15) is 0 Å². The van der Waals surface area contributed by atoms with Gasteiger partial charge in [-0.05, 0) is 84.1 Å². The third kappa shape index (κ3) is 5.99. The maximum Gasteiger partial charge on any atom is 0.293 e. The van der Waals surface area contributed by atoms with Crippen LogP contribution in [0.3, 0.4) is 0 Å². The summed E-state index contributed by atoms with van der Waals surface area (Å²) in [7, 11) is 0. The van der Waals surface area contributed by atoms with E-state index in [-0.39, 0.29) is 30.9 Å². The summed E-state index contributed by atoms with van der Waals surface area (Å²) in [6.07, 6.45) is 6.97. The van der Waals surface area contributed by atoms with Crippen LogP contribution in [0.4, 0.5) is 4.79 Å². The Morgan fingerprint density at radius 2 is 1.91 bits per heavy atom. The molecule has 1 heterocycles. The molecule has 0 aromatic heterocycles. The van der Waals surface area contributed by atoms with Crippen molar-refractivity contribution in [1.29, 1.82) is 0 Å². The molecule has 0 atom stereocenters. The molecule has 0 radical (unpaired) electrons. The minimum atomic E-state index is -0.340. The average molecular weight is 563 g/mol. The van der Waals surface area contributed by atoms with Crippen LogP contribution in [0.2, 0.25) is 0 Å². The van der Waals surface area contributed by atoms with Crippen LogP contribution in [0.25, 0.3) is 6.08 Å². The van der Waals surface area contributed by atoms with Gasteiger partial charge in [0.15, 0.2) is 11.5 Å². The predicted octanol–water partition coefficient (Wildman–Crippen LogP) is 5.13. The van der Waals surface area contributed by atoms with Gasteiger partial charge in [0.05, 0.1) is 21.6 Å². The van der Waals surface area contributed by atoms with E-state index < -0.39 is 0 Å². The number of ether oxygens (including phenoxy) is 3. The second kappa shape index (κ2) is 11.3. The maximum absolute atomic E-state index is 12.8. The largest absolute Gasteiger partial charge is 0.492 e. The molecule has 0 aliphatic carbocycles. The van der Waals surface area contributed by atoms with E-state index in [0.29, 0.717) is 28.8 Å². The molecule has 1 fully saturated rings. The van der Waals surface area contributed by atoms with Gasteiger partial charge in [-0.3, -0.25) is 14.5 Å². The molecule has 3 rings (SSSR count). The number of nitrogens with zero attached hydrogens (tertiary/aromatic N) is 1. The quantitative estimate of drug-likeness (QED) is 0.240. The zero-order chi connectivity index (χ0) is 23.1. The molecule has 1 aliphatic rings. The molecule has 1 saturated heterocycles.